The van der Waals surface area contributed by atoms with Crippen molar-refractivity contribution in [3.8, 4) is 0 Å². The van der Waals surface area contributed by atoms with Gasteiger partial charge in [0.15, 0.2) is 0 Å². The second kappa shape index (κ2) is 8.71. The van der Waals surface area contributed by atoms with E-state index in [1.165, 1.54) is 30.4 Å². The molecule has 1 heterocycles. The van der Waals surface area contributed by atoms with Crippen molar-refractivity contribution in [3.05, 3.63) is 60.2 Å². The topological polar surface area (TPSA) is 43.9 Å². The highest BCUT2D eigenvalue weighted by atomic mass is 16.2. The molecule has 0 spiro atoms. The van der Waals surface area contributed by atoms with E-state index in [0.717, 1.165) is 24.3 Å². The summed E-state index contributed by atoms with van der Waals surface area (Å²) in [5.74, 6) is -0.219. The summed E-state index contributed by atoms with van der Waals surface area (Å²) in [6, 6.07) is 17.8. The Morgan fingerprint density at radius 1 is 0.963 bits per heavy atom. The van der Waals surface area contributed by atoms with Gasteiger partial charge in [0.1, 0.15) is 6.54 Å². The molecule has 0 bridgehead atoms. The summed E-state index contributed by atoms with van der Waals surface area (Å²) in [5, 5.41) is 0. The van der Waals surface area contributed by atoms with Crippen molar-refractivity contribution in [2.24, 2.45) is 0 Å². The molecular weight excluding hydrogens is 338 g/mol. The van der Waals surface area contributed by atoms with Crippen molar-refractivity contribution in [2.75, 3.05) is 36.5 Å². The smallest absolute Gasteiger partial charge is 0.242 e. The number of anilines is 2. The van der Waals surface area contributed by atoms with Crippen LogP contribution in [0.4, 0.5) is 11.4 Å². The van der Waals surface area contributed by atoms with Crippen LogP contribution in [0.2, 0.25) is 0 Å². The van der Waals surface area contributed by atoms with E-state index in [-0.39, 0.29) is 18.4 Å². The highest BCUT2D eigenvalue weighted by Crippen LogP contribution is 2.24. The van der Waals surface area contributed by atoms with Crippen LogP contribution in [0.5, 0.6) is 0 Å². The van der Waals surface area contributed by atoms with Gasteiger partial charge in [0.05, 0.1) is 0 Å². The lowest BCUT2D eigenvalue weighted by molar-refractivity contribution is -0.130. The summed E-state index contributed by atoms with van der Waals surface area (Å²) >= 11 is 0. The molecule has 5 nitrogen and oxygen atoms in total. The summed E-state index contributed by atoms with van der Waals surface area (Å²) in [6.07, 6.45) is 2.45. The van der Waals surface area contributed by atoms with Gasteiger partial charge in [-0.25, -0.2) is 0 Å². The van der Waals surface area contributed by atoms with Gasteiger partial charge < -0.3 is 14.7 Å². The standard InChI is InChI=1S/C22H27N3O2/c1-18(26)25(17-22(27)23(2)16-19-8-4-3-5-9-19)21-12-10-20(11-13-21)24-14-6-7-15-24/h3-5,8-13H,6-7,14-17H2,1-2H3. The molecule has 0 aliphatic carbocycles. The number of carbonyl (C=O) groups is 2. The highest BCUT2D eigenvalue weighted by molar-refractivity contribution is 5.97. The van der Waals surface area contributed by atoms with Gasteiger partial charge in [-0.1, -0.05) is 30.3 Å². The minimum atomic E-state index is -0.134. The molecule has 2 aromatic carbocycles. The lowest BCUT2D eigenvalue weighted by Crippen LogP contribution is -2.40. The van der Waals surface area contributed by atoms with Crippen LogP contribution in [0.15, 0.2) is 54.6 Å². The molecular formula is C22H27N3O2. The van der Waals surface area contributed by atoms with Crippen LogP contribution in [0.1, 0.15) is 25.3 Å². The number of hydrogen-bond donors (Lipinski definition) is 0. The molecule has 0 radical (unpaired) electrons. The average Bonchev–Trinajstić information content (AvgIpc) is 3.21. The molecule has 1 saturated heterocycles. The van der Waals surface area contributed by atoms with E-state index < -0.39 is 0 Å². The molecule has 0 saturated carbocycles. The minimum Gasteiger partial charge on any atom is -0.372 e. The van der Waals surface area contributed by atoms with Crippen LogP contribution in [0.25, 0.3) is 0 Å². The summed E-state index contributed by atoms with van der Waals surface area (Å²) in [6.45, 7) is 4.23. The van der Waals surface area contributed by atoms with Gasteiger partial charge in [-0.15, -0.1) is 0 Å². The first-order valence-corrected chi connectivity index (χ1v) is 9.45. The monoisotopic (exact) mass is 365 g/mol. The molecule has 27 heavy (non-hydrogen) atoms. The number of rotatable bonds is 6. The Balaban J connectivity index is 1.66. The summed E-state index contributed by atoms with van der Waals surface area (Å²) in [5.41, 5.74) is 3.00. The first-order valence-electron chi connectivity index (χ1n) is 9.45. The average molecular weight is 365 g/mol. The molecule has 1 aliphatic rings. The zero-order valence-corrected chi connectivity index (χ0v) is 16.1. The number of nitrogens with zero attached hydrogens (tertiary/aromatic N) is 3. The maximum absolute atomic E-state index is 12.6. The van der Waals surface area contributed by atoms with Gasteiger partial charge in [-0.05, 0) is 42.7 Å². The third-order valence-electron chi connectivity index (χ3n) is 4.99. The predicted octanol–water partition coefficient (Wildman–Crippen LogP) is 3.30. The second-order valence-corrected chi connectivity index (χ2v) is 7.05. The molecule has 2 amide bonds. The van der Waals surface area contributed by atoms with Crippen LogP contribution in [-0.4, -0.2) is 43.4 Å². The quantitative estimate of drug-likeness (QED) is 0.789. The van der Waals surface area contributed by atoms with E-state index >= 15 is 0 Å². The molecule has 142 valence electrons. The molecule has 1 fully saturated rings. The van der Waals surface area contributed by atoms with Gasteiger partial charge in [0.25, 0.3) is 0 Å². The lowest BCUT2D eigenvalue weighted by Gasteiger charge is -2.25. The molecule has 0 atom stereocenters. The van der Waals surface area contributed by atoms with E-state index in [4.69, 9.17) is 0 Å². The molecule has 0 unspecified atom stereocenters. The fourth-order valence-corrected chi connectivity index (χ4v) is 3.40. The van der Waals surface area contributed by atoms with Crippen molar-refractivity contribution in [1.82, 2.24) is 4.90 Å². The van der Waals surface area contributed by atoms with Crippen LogP contribution in [0, 0.1) is 0 Å². The summed E-state index contributed by atoms with van der Waals surface area (Å²) in [4.78, 5) is 30.3. The third-order valence-corrected chi connectivity index (χ3v) is 4.99. The van der Waals surface area contributed by atoms with Crippen LogP contribution < -0.4 is 9.80 Å². The predicted molar refractivity (Wildman–Crippen MR) is 109 cm³/mol. The van der Waals surface area contributed by atoms with E-state index in [1.54, 1.807) is 11.9 Å². The molecule has 0 aromatic heterocycles. The van der Waals surface area contributed by atoms with Crippen molar-refractivity contribution < 1.29 is 9.59 Å². The van der Waals surface area contributed by atoms with E-state index in [1.807, 2.05) is 54.6 Å². The number of carbonyl (C=O) groups excluding carboxylic acids is 2. The Kier molecular flexibility index (Phi) is 6.12. The molecule has 3 rings (SSSR count). The SMILES string of the molecule is CC(=O)N(CC(=O)N(C)Cc1ccccc1)c1ccc(N2CCCC2)cc1. The Labute approximate surface area is 161 Å². The first-order chi connectivity index (χ1) is 13.0. The van der Waals surface area contributed by atoms with Crippen molar-refractivity contribution >= 4 is 23.2 Å². The van der Waals surface area contributed by atoms with Crippen molar-refractivity contribution in [3.63, 3.8) is 0 Å². The Morgan fingerprint density at radius 3 is 2.19 bits per heavy atom. The highest BCUT2D eigenvalue weighted by Gasteiger charge is 2.19. The Morgan fingerprint density at radius 2 is 1.59 bits per heavy atom. The zero-order chi connectivity index (χ0) is 19.2. The van der Waals surface area contributed by atoms with Gasteiger partial charge in [0, 0.05) is 45.0 Å². The van der Waals surface area contributed by atoms with Crippen LogP contribution in [-0.2, 0) is 16.1 Å². The number of amides is 2. The first kappa shape index (κ1) is 19.0. The molecule has 1 aliphatic heterocycles. The minimum absolute atomic E-state index is 0.0434. The van der Waals surface area contributed by atoms with Crippen LogP contribution >= 0.6 is 0 Å². The summed E-state index contributed by atoms with van der Waals surface area (Å²) < 4.78 is 0. The maximum Gasteiger partial charge on any atom is 0.242 e. The normalized spacial score (nSPS) is 13.5. The lowest BCUT2D eigenvalue weighted by atomic mass is 10.2. The van der Waals surface area contributed by atoms with E-state index in [2.05, 4.69) is 4.90 Å². The zero-order valence-electron chi connectivity index (χ0n) is 16.1. The van der Waals surface area contributed by atoms with Gasteiger partial charge in [-0.3, -0.25) is 9.59 Å². The van der Waals surface area contributed by atoms with Gasteiger partial charge in [-0.2, -0.15) is 0 Å². The molecule has 2 aromatic rings. The summed E-state index contributed by atoms with van der Waals surface area (Å²) in [7, 11) is 1.77. The molecule has 5 heteroatoms. The number of benzene rings is 2. The largest absolute Gasteiger partial charge is 0.372 e. The molecule has 0 N–H and O–H groups in total. The Hall–Kier alpha value is -2.82. The van der Waals surface area contributed by atoms with E-state index in [0.29, 0.717) is 6.54 Å². The fourth-order valence-electron chi connectivity index (χ4n) is 3.40. The number of likely N-dealkylation sites (N-methyl/N-ethyl adjacent to an activating group) is 1. The number of hydrogen-bond acceptors (Lipinski definition) is 3. The van der Waals surface area contributed by atoms with Crippen LogP contribution in [0.3, 0.4) is 0 Å². The third kappa shape index (κ3) is 4.88. The van der Waals surface area contributed by atoms with Crippen molar-refractivity contribution in [2.45, 2.75) is 26.3 Å². The second-order valence-electron chi connectivity index (χ2n) is 7.05. The fraction of sp³-hybridized carbons (Fsp3) is 0.364. The van der Waals surface area contributed by atoms with Gasteiger partial charge >= 0.3 is 0 Å². The maximum atomic E-state index is 12.6. The van der Waals surface area contributed by atoms with Crippen molar-refractivity contribution in [1.29, 1.82) is 0 Å². The van der Waals surface area contributed by atoms with Gasteiger partial charge in [0.2, 0.25) is 11.8 Å². The van der Waals surface area contributed by atoms with E-state index in [9.17, 15) is 9.59 Å². The Bertz CT molecular complexity index is 768.